The SMILES string of the molecule is Cc1cc(C)c(C)c(O)c1.Cc1cc(O)c(C)c(C)c1Br. The van der Waals surface area contributed by atoms with E-state index in [2.05, 4.69) is 22.0 Å². The van der Waals surface area contributed by atoms with Gasteiger partial charge in [-0.3, -0.25) is 0 Å². The lowest BCUT2D eigenvalue weighted by atomic mass is 10.1. The zero-order valence-corrected chi connectivity index (χ0v) is 15.1. The predicted octanol–water partition coefficient (Wildman–Crippen LogP) is 5.40. The van der Waals surface area contributed by atoms with Crippen LogP contribution in [0.5, 0.6) is 11.5 Å². The first-order valence-electron chi connectivity index (χ1n) is 6.87. The molecule has 0 spiro atoms. The molecule has 0 bridgehead atoms. The Morgan fingerprint density at radius 1 is 0.667 bits per heavy atom. The Hall–Kier alpha value is -1.48. The van der Waals surface area contributed by atoms with E-state index in [1.165, 1.54) is 0 Å². The molecule has 0 saturated carbocycles. The van der Waals surface area contributed by atoms with Gasteiger partial charge in [-0.2, -0.15) is 0 Å². The summed E-state index contributed by atoms with van der Waals surface area (Å²) in [6, 6.07) is 5.61. The summed E-state index contributed by atoms with van der Waals surface area (Å²) < 4.78 is 1.09. The summed E-state index contributed by atoms with van der Waals surface area (Å²) in [7, 11) is 0. The maximum absolute atomic E-state index is 9.38. The molecule has 2 rings (SSSR count). The smallest absolute Gasteiger partial charge is 0.119 e. The number of phenolic OH excluding ortho intramolecular Hbond substituents is 2. The standard InChI is InChI=1S/C9H11BrO.C9H12O/c1-5-4-8(11)6(2)7(3)9(5)10;1-6-4-7(2)8(3)9(10)5-6/h4,11H,1-3H3;4-5,10H,1-3H3. The average Bonchev–Trinajstić information content (AvgIpc) is 2.41. The second kappa shape index (κ2) is 6.99. The van der Waals surface area contributed by atoms with Gasteiger partial charge < -0.3 is 10.2 Å². The fourth-order valence-corrected chi connectivity index (χ4v) is 2.46. The summed E-state index contributed by atoms with van der Waals surface area (Å²) in [5.74, 6) is 0.778. The number of phenols is 2. The van der Waals surface area contributed by atoms with Crippen molar-refractivity contribution < 1.29 is 10.2 Å². The number of halogens is 1. The first kappa shape index (κ1) is 17.6. The third-order valence-electron chi connectivity index (χ3n) is 3.76. The van der Waals surface area contributed by atoms with Crippen LogP contribution in [-0.2, 0) is 0 Å². The molecule has 21 heavy (non-hydrogen) atoms. The molecule has 2 aromatic rings. The lowest BCUT2D eigenvalue weighted by Crippen LogP contribution is -1.86. The predicted molar refractivity (Wildman–Crippen MR) is 92.3 cm³/mol. The third kappa shape index (κ3) is 4.24. The summed E-state index contributed by atoms with van der Waals surface area (Å²) in [6.07, 6.45) is 0. The van der Waals surface area contributed by atoms with Crippen molar-refractivity contribution >= 4 is 15.9 Å². The van der Waals surface area contributed by atoms with Crippen LogP contribution in [0.25, 0.3) is 0 Å². The number of rotatable bonds is 0. The Labute approximate surface area is 135 Å². The average molecular weight is 351 g/mol. The molecule has 2 aromatic carbocycles. The number of hydrogen-bond donors (Lipinski definition) is 2. The zero-order chi connectivity index (χ0) is 16.3. The third-order valence-corrected chi connectivity index (χ3v) is 4.98. The Morgan fingerprint density at radius 3 is 1.71 bits per heavy atom. The van der Waals surface area contributed by atoms with Crippen LogP contribution in [0, 0.1) is 41.5 Å². The molecular weight excluding hydrogens is 328 g/mol. The van der Waals surface area contributed by atoms with Crippen molar-refractivity contribution in [2.45, 2.75) is 41.5 Å². The molecule has 2 N–H and O–H groups in total. The molecule has 114 valence electrons. The van der Waals surface area contributed by atoms with Gasteiger partial charge in [0.15, 0.2) is 0 Å². The molecule has 0 heterocycles. The Kier molecular flexibility index (Phi) is 5.85. The summed E-state index contributed by atoms with van der Waals surface area (Å²) >= 11 is 3.45. The highest BCUT2D eigenvalue weighted by Crippen LogP contribution is 2.29. The molecule has 0 unspecified atom stereocenters. The van der Waals surface area contributed by atoms with Gasteiger partial charge in [0.05, 0.1) is 0 Å². The highest BCUT2D eigenvalue weighted by Gasteiger charge is 2.05. The topological polar surface area (TPSA) is 40.5 Å². The van der Waals surface area contributed by atoms with Gasteiger partial charge in [-0.15, -0.1) is 0 Å². The van der Waals surface area contributed by atoms with Gasteiger partial charge in [-0.25, -0.2) is 0 Å². The van der Waals surface area contributed by atoms with Crippen LogP contribution in [-0.4, -0.2) is 10.2 Å². The van der Waals surface area contributed by atoms with Gasteiger partial charge >= 0.3 is 0 Å². The lowest BCUT2D eigenvalue weighted by Gasteiger charge is -2.07. The van der Waals surface area contributed by atoms with Crippen molar-refractivity contribution in [3.05, 3.63) is 56.1 Å². The summed E-state index contributed by atoms with van der Waals surface area (Å²) in [4.78, 5) is 0. The summed E-state index contributed by atoms with van der Waals surface area (Å²) in [5.41, 5.74) is 6.37. The van der Waals surface area contributed by atoms with E-state index in [4.69, 9.17) is 0 Å². The molecule has 0 aliphatic rings. The lowest BCUT2D eigenvalue weighted by molar-refractivity contribution is 0.469. The van der Waals surface area contributed by atoms with Crippen LogP contribution in [0.4, 0.5) is 0 Å². The van der Waals surface area contributed by atoms with Crippen molar-refractivity contribution in [1.29, 1.82) is 0 Å². The molecular formula is C18H23BrO2. The monoisotopic (exact) mass is 350 g/mol. The largest absolute Gasteiger partial charge is 0.508 e. The Morgan fingerprint density at radius 2 is 1.19 bits per heavy atom. The minimum Gasteiger partial charge on any atom is -0.508 e. The van der Waals surface area contributed by atoms with E-state index < -0.39 is 0 Å². The molecule has 0 radical (unpaired) electrons. The van der Waals surface area contributed by atoms with E-state index >= 15 is 0 Å². The van der Waals surface area contributed by atoms with Crippen molar-refractivity contribution in [3.8, 4) is 11.5 Å². The van der Waals surface area contributed by atoms with E-state index in [9.17, 15) is 10.2 Å². The van der Waals surface area contributed by atoms with Crippen LogP contribution in [0.15, 0.2) is 22.7 Å². The molecule has 0 aromatic heterocycles. The van der Waals surface area contributed by atoms with Crippen LogP contribution < -0.4 is 0 Å². The molecule has 0 atom stereocenters. The molecule has 0 saturated heterocycles. The van der Waals surface area contributed by atoms with Gasteiger partial charge in [0.25, 0.3) is 0 Å². The van der Waals surface area contributed by atoms with E-state index in [0.29, 0.717) is 11.5 Å². The van der Waals surface area contributed by atoms with Gasteiger partial charge in [0.2, 0.25) is 0 Å². The molecule has 0 aliphatic heterocycles. The molecule has 0 fully saturated rings. The highest BCUT2D eigenvalue weighted by atomic mass is 79.9. The van der Waals surface area contributed by atoms with Gasteiger partial charge in [0.1, 0.15) is 11.5 Å². The minimum absolute atomic E-state index is 0.378. The number of hydrogen-bond acceptors (Lipinski definition) is 2. The van der Waals surface area contributed by atoms with Gasteiger partial charge in [0, 0.05) is 4.47 Å². The minimum atomic E-state index is 0.378. The number of benzene rings is 2. The van der Waals surface area contributed by atoms with Crippen molar-refractivity contribution in [2.75, 3.05) is 0 Å². The van der Waals surface area contributed by atoms with Crippen LogP contribution in [0.3, 0.4) is 0 Å². The second-order valence-corrected chi connectivity index (χ2v) is 6.30. The normalized spacial score (nSPS) is 10.0. The number of aromatic hydroxyl groups is 2. The Bertz CT molecular complexity index is 611. The zero-order valence-electron chi connectivity index (χ0n) is 13.5. The molecule has 2 nitrogen and oxygen atoms in total. The van der Waals surface area contributed by atoms with Crippen molar-refractivity contribution in [1.82, 2.24) is 0 Å². The van der Waals surface area contributed by atoms with Crippen LogP contribution in [0.2, 0.25) is 0 Å². The van der Waals surface area contributed by atoms with E-state index in [1.54, 1.807) is 12.1 Å². The van der Waals surface area contributed by atoms with E-state index in [-0.39, 0.29) is 0 Å². The summed E-state index contributed by atoms with van der Waals surface area (Å²) in [6.45, 7) is 11.8. The van der Waals surface area contributed by atoms with Gasteiger partial charge in [-0.05, 0) is 87.1 Å². The first-order valence-corrected chi connectivity index (χ1v) is 7.66. The maximum atomic E-state index is 9.38. The van der Waals surface area contributed by atoms with Crippen molar-refractivity contribution in [3.63, 3.8) is 0 Å². The first-order chi connectivity index (χ1) is 9.65. The van der Waals surface area contributed by atoms with Crippen LogP contribution in [0.1, 0.15) is 33.4 Å². The molecule has 0 aliphatic carbocycles. The van der Waals surface area contributed by atoms with E-state index in [1.807, 2.05) is 41.5 Å². The fraction of sp³-hybridized carbons (Fsp3) is 0.333. The van der Waals surface area contributed by atoms with Crippen LogP contribution >= 0.6 is 15.9 Å². The quantitative estimate of drug-likeness (QED) is 0.667. The van der Waals surface area contributed by atoms with Gasteiger partial charge in [-0.1, -0.05) is 22.0 Å². The maximum Gasteiger partial charge on any atom is 0.119 e. The molecule has 3 heteroatoms. The fourth-order valence-electron chi connectivity index (χ4n) is 2.05. The second-order valence-electron chi connectivity index (χ2n) is 5.50. The summed E-state index contributed by atoms with van der Waals surface area (Å²) in [5, 5.41) is 18.7. The highest BCUT2D eigenvalue weighted by molar-refractivity contribution is 9.10. The number of aryl methyl sites for hydroxylation is 3. The molecule has 0 amide bonds. The van der Waals surface area contributed by atoms with E-state index in [0.717, 1.165) is 37.9 Å². The van der Waals surface area contributed by atoms with Crippen molar-refractivity contribution in [2.24, 2.45) is 0 Å². The Balaban J connectivity index is 0.000000211.